The fraction of sp³-hybridized carbons (Fsp3) is 0.444. The van der Waals surface area contributed by atoms with Gasteiger partial charge in [0.05, 0.1) is 0 Å². The Labute approximate surface area is 138 Å². The van der Waals surface area contributed by atoms with E-state index in [0.29, 0.717) is 23.4 Å². The molecule has 0 saturated carbocycles. The zero-order valence-electron chi connectivity index (χ0n) is 14.3. The number of hydrogen-bond acceptors (Lipinski definition) is 5. The highest BCUT2D eigenvalue weighted by molar-refractivity contribution is 5.77. The Kier molecular flexibility index (Phi) is 6.20. The number of nitrogen functional groups attached to an aromatic ring is 1. The van der Waals surface area contributed by atoms with Crippen molar-refractivity contribution in [1.82, 2.24) is 9.97 Å². The second-order valence-corrected chi connectivity index (χ2v) is 5.86. The summed E-state index contributed by atoms with van der Waals surface area (Å²) in [5.74, 6) is 1.31. The summed E-state index contributed by atoms with van der Waals surface area (Å²) in [5, 5.41) is 6.57. The van der Waals surface area contributed by atoms with Crippen LogP contribution in [0.15, 0.2) is 30.6 Å². The maximum atomic E-state index is 6.18. The third kappa shape index (κ3) is 4.84. The lowest BCUT2D eigenvalue weighted by Crippen LogP contribution is -2.16. The Morgan fingerprint density at radius 3 is 2.43 bits per heavy atom. The first-order valence-electron chi connectivity index (χ1n) is 8.37. The first-order valence-corrected chi connectivity index (χ1v) is 8.37. The van der Waals surface area contributed by atoms with Crippen LogP contribution in [0.4, 0.5) is 23.0 Å². The number of nitrogens with two attached hydrogens (primary N) is 1. The molecule has 5 heteroatoms. The topological polar surface area (TPSA) is 75.9 Å². The summed E-state index contributed by atoms with van der Waals surface area (Å²) in [6.45, 7) is 6.43. The van der Waals surface area contributed by atoms with E-state index in [0.717, 1.165) is 18.5 Å². The van der Waals surface area contributed by atoms with Crippen molar-refractivity contribution in [2.45, 2.75) is 52.5 Å². The number of hydrogen-bond donors (Lipinski definition) is 3. The number of benzene rings is 1. The summed E-state index contributed by atoms with van der Waals surface area (Å²) < 4.78 is 0. The monoisotopic (exact) mass is 313 g/mol. The highest BCUT2D eigenvalue weighted by Crippen LogP contribution is 2.26. The summed E-state index contributed by atoms with van der Waals surface area (Å²) in [4.78, 5) is 8.48. The Bertz CT molecular complexity index is 609. The van der Waals surface area contributed by atoms with Gasteiger partial charge in [-0.3, -0.25) is 0 Å². The first kappa shape index (κ1) is 17.1. The number of unbranched alkanes of at least 4 members (excludes halogenated alkanes) is 1. The predicted octanol–water partition coefficient (Wildman–Crippen LogP) is 4.36. The van der Waals surface area contributed by atoms with E-state index in [1.54, 1.807) is 0 Å². The molecule has 4 N–H and O–H groups in total. The van der Waals surface area contributed by atoms with E-state index in [1.807, 2.05) is 0 Å². The molecule has 0 saturated heterocycles. The third-order valence-electron chi connectivity index (χ3n) is 3.92. The van der Waals surface area contributed by atoms with Crippen molar-refractivity contribution in [3.8, 4) is 0 Å². The van der Waals surface area contributed by atoms with Gasteiger partial charge in [-0.15, -0.1) is 0 Å². The fourth-order valence-corrected chi connectivity index (χ4v) is 2.22. The van der Waals surface area contributed by atoms with E-state index in [9.17, 15) is 0 Å². The van der Waals surface area contributed by atoms with Crippen LogP contribution in [0.3, 0.4) is 0 Å². The Hall–Kier alpha value is -2.30. The maximum Gasteiger partial charge on any atom is 0.159 e. The number of nitrogens with one attached hydrogen (secondary N) is 2. The van der Waals surface area contributed by atoms with Gasteiger partial charge in [-0.25, -0.2) is 9.97 Å². The summed E-state index contributed by atoms with van der Waals surface area (Å²) in [6, 6.07) is 8.74. The molecule has 124 valence electrons. The Morgan fingerprint density at radius 1 is 1.09 bits per heavy atom. The molecule has 2 rings (SSSR count). The van der Waals surface area contributed by atoms with Crippen LogP contribution in [0.25, 0.3) is 0 Å². The number of aromatic nitrogens is 2. The average Bonchev–Trinajstić information content (AvgIpc) is 2.57. The minimum atomic E-state index is 0.317. The van der Waals surface area contributed by atoms with Crippen molar-refractivity contribution in [2.75, 3.05) is 16.4 Å². The number of nitrogens with zero attached hydrogens (tertiary/aromatic N) is 2. The third-order valence-corrected chi connectivity index (χ3v) is 3.92. The molecule has 2 aromatic rings. The molecule has 0 fully saturated rings. The van der Waals surface area contributed by atoms with E-state index in [2.05, 4.69) is 65.6 Å². The summed E-state index contributed by atoms with van der Waals surface area (Å²) in [7, 11) is 0. The molecule has 1 aromatic carbocycles. The predicted molar refractivity (Wildman–Crippen MR) is 98.2 cm³/mol. The number of rotatable bonds is 8. The molecular weight excluding hydrogens is 286 g/mol. The smallest absolute Gasteiger partial charge is 0.159 e. The van der Waals surface area contributed by atoms with Crippen molar-refractivity contribution < 1.29 is 0 Å². The Morgan fingerprint density at radius 2 is 1.78 bits per heavy atom. The zero-order valence-corrected chi connectivity index (χ0v) is 14.3. The van der Waals surface area contributed by atoms with Crippen LogP contribution in [-0.2, 0) is 6.42 Å². The van der Waals surface area contributed by atoms with E-state index in [4.69, 9.17) is 5.73 Å². The lowest BCUT2D eigenvalue weighted by Gasteiger charge is -2.16. The standard InChI is InChI=1S/C18H27N5/c1-4-6-7-14-8-10-15(11-9-14)23-18-16(19)17(20-12-21-18)22-13(3)5-2/h8-13H,4-7,19H2,1-3H3,(H2,20,21,22,23). The zero-order chi connectivity index (χ0) is 16.7. The highest BCUT2D eigenvalue weighted by Gasteiger charge is 2.10. The quantitative estimate of drug-likeness (QED) is 0.675. The largest absolute Gasteiger partial charge is 0.393 e. The van der Waals surface area contributed by atoms with Crippen LogP contribution in [-0.4, -0.2) is 16.0 Å². The van der Waals surface area contributed by atoms with Crippen LogP contribution >= 0.6 is 0 Å². The van der Waals surface area contributed by atoms with Gasteiger partial charge in [0.15, 0.2) is 11.6 Å². The summed E-state index contributed by atoms with van der Waals surface area (Å²) in [5.41, 5.74) is 9.05. The van der Waals surface area contributed by atoms with Crippen molar-refractivity contribution in [1.29, 1.82) is 0 Å². The number of aryl methyl sites for hydroxylation is 1. The van der Waals surface area contributed by atoms with Crippen LogP contribution in [0.5, 0.6) is 0 Å². The second-order valence-electron chi connectivity index (χ2n) is 5.86. The molecule has 0 aliphatic rings. The van der Waals surface area contributed by atoms with Gasteiger partial charge in [-0.1, -0.05) is 32.4 Å². The molecule has 1 aromatic heterocycles. The molecule has 1 atom stereocenters. The maximum absolute atomic E-state index is 6.18. The minimum Gasteiger partial charge on any atom is -0.393 e. The van der Waals surface area contributed by atoms with Crippen LogP contribution in [0, 0.1) is 0 Å². The molecule has 0 aliphatic carbocycles. The molecule has 0 spiro atoms. The lowest BCUT2D eigenvalue weighted by atomic mass is 10.1. The highest BCUT2D eigenvalue weighted by atomic mass is 15.1. The molecule has 1 unspecified atom stereocenters. The SMILES string of the molecule is CCCCc1ccc(Nc2ncnc(NC(C)CC)c2N)cc1. The molecule has 0 aliphatic heterocycles. The van der Waals surface area contributed by atoms with Gasteiger partial charge in [0.25, 0.3) is 0 Å². The summed E-state index contributed by atoms with van der Waals surface area (Å²) in [6.07, 6.45) is 6.08. The normalized spacial score (nSPS) is 12.0. The van der Waals surface area contributed by atoms with Crippen molar-refractivity contribution >= 4 is 23.0 Å². The van der Waals surface area contributed by atoms with Crippen molar-refractivity contribution in [3.63, 3.8) is 0 Å². The van der Waals surface area contributed by atoms with Gasteiger partial charge in [-0.05, 0) is 43.9 Å². The molecule has 23 heavy (non-hydrogen) atoms. The van der Waals surface area contributed by atoms with Crippen molar-refractivity contribution in [3.05, 3.63) is 36.2 Å². The van der Waals surface area contributed by atoms with Gasteiger partial charge in [0.2, 0.25) is 0 Å². The molecule has 0 radical (unpaired) electrons. The van der Waals surface area contributed by atoms with E-state index < -0.39 is 0 Å². The van der Waals surface area contributed by atoms with Gasteiger partial charge >= 0.3 is 0 Å². The molecule has 5 nitrogen and oxygen atoms in total. The van der Waals surface area contributed by atoms with Gasteiger partial charge in [0, 0.05) is 11.7 Å². The molecule has 0 bridgehead atoms. The van der Waals surface area contributed by atoms with Crippen molar-refractivity contribution in [2.24, 2.45) is 0 Å². The fourth-order valence-electron chi connectivity index (χ4n) is 2.22. The molecule has 1 heterocycles. The minimum absolute atomic E-state index is 0.317. The summed E-state index contributed by atoms with van der Waals surface area (Å²) >= 11 is 0. The van der Waals surface area contributed by atoms with E-state index in [1.165, 1.54) is 24.7 Å². The first-order chi connectivity index (χ1) is 11.1. The van der Waals surface area contributed by atoms with Gasteiger partial charge in [-0.2, -0.15) is 0 Å². The average molecular weight is 313 g/mol. The molecule has 0 amide bonds. The van der Waals surface area contributed by atoms with Crippen LogP contribution in [0.2, 0.25) is 0 Å². The van der Waals surface area contributed by atoms with Gasteiger partial charge < -0.3 is 16.4 Å². The van der Waals surface area contributed by atoms with Gasteiger partial charge in [0.1, 0.15) is 12.0 Å². The van der Waals surface area contributed by atoms with E-state index >= 15 is 0 Å². The second kappa shape index (κ2) is 8.36. The Balaban J connectivity index is 2.09. The molecular formula is C18H27N5. The van der Waals surface area contributed by atoms with E-state index in [-0.39, 0.29) is 0 Å². The van der Waals surface area contributed by atoms with Crippen LogP contribution in [0.1, 0.15) is 45.6 Å². The van der Waals surface area contributed by atoms with Crippen LogP contribution < -0.4 is 16.4 Å². The lowest BCUT2D eigenvalue weighted by molar-refractivity contribution is 0.759. The number of anilines is 4.